The number of fused-ring (bicyclic) bond motifs is 8. The van der Waals surface area contributed by atoms with Gasteiger partial charge < -0.3 is 9.47 Å². The first kappa shape index (κ1) is 26.8. The highest BCUT2D eigenvalue weighted by atomic mass is 15.1. The SMILES string of the molecule is c1ccc(N(c2ccccc2)c2ccc3c(c2)c2cc4c(cc2n3-c2ccccc2)-c2ccccc2-c2cccc3cccc-4c23)cc1. The molecule has 0 saturated carbocycles. The average Bonchev–Trinajstić information content (AvgIpc) is 3.42. The minimum atomic E-state index is 1.12. The lowest BCUT2D eigenvalue weighted by atomic mass is 9.92. The van der Waals surface area contributed by atoms with Gasteiger partial charge >= 0.3 is 0 Å². The van der Waals surface area contributed by atoms with Crippen LogP contribution in [0.1, 0.15) is 0 Å². The molecule has 1 heterocycles. The van der Waals surface area contributed by atoms with Crippen LogP contribution in [0.3, 0.4) is 0 Å². The summed E-state index contributed by atoms with van der Waals surface area (Å²) in [5, 5.41) is 5.05. The van der Waals surface area contributed by atoms with Crippen molar-refractivity contribution in [3.63, 3.8) is 0 Å². The molecule has 0 saturated heterocycles. The summed E-state index contributed by atoms with van der Waals surface area (Å²) in [4.78, 5) is 2.35. The lowest BCUT2D eigenvalue weighted by Crippen LogP contribution is -2.09. The first-order valence-electron chi connectivity index (χ1n) is 16.5. The normalized spacial score (nSPS) is 11.8. The summed E-state index contributed by atoms with van der Waals surface area (Å²) in [5.74, 6) is 0. The zero-order valence-electron chi connectivity index (χ0n) is 26.2. The first-order chi connectivity index (χ1) is 23.8. The minimum absolute atomic E-state index is 1.12. The van der Waals surface area contributed by atoms with Gasteiger partial charge in [0.2, 0.25) is 0 Å². The fourth-order valence-electron chi connectivity index (χ4n) is 7.84. The van der Waals surface area contributed by atoms with Crippen LogP contribution in [0.2, 0.25) is 0 Å². The maximum absolute atomic E-state index is 2.46. The molecule has 9 aromatic rings. The van der Waals surface area contributed by atoms with Gasteiger partial charge in [0.1, 0.15) is 0 Å². The fourth-order valence-corrected chi connectivity index (χ4v) is 7.84. The molecule has 0 fully saturated rings. The van der Waals surface area contributed by atoms with E-state index in [1.807, 2.05) is 0 Å². The monoisotopic (exact) mass is 610 g/mol. The molecule has 0 atom stereocenters. The molecule has 0 amide bonds. The van der Waals surface area contributed by atoms with Crippen molar-refractivity contribution in [2.75, 3.05) is 4.90 Å². The van der Waals surface area contributed by atoms with Crippen LogP contribution in [0.4, 0.5) is 17.1 Å². The van der Waals surface area contributed by atoms with Crippen LogP contribution in [0.15, 0.2) is 182 Å². The summed E-state index contributed by atoms with van der Waals surface area (Å²) in [7, 11) is 0. The number of benzene rings is 8. The second-order valence-corrected chi connectivity index (χ2v) is 12.5. The molecule has 0 unspecified atom stereocenters. The molecule has 2 nitrogen and oxygen atoms in total. The lowest BCUT2D eigenvalue weighted by Gasteiger charge is -2.25. The predicted molar refractivity (Wildman–Crippen MR) is 203 cm³/mol. The first-order valence-corrected chi connectivity index (χ1v) is 16.5. The number of aromatic nitrogens is 1. The van der Waals surface area contributed by atoms with Gasteiger partial charge in [-0.3, -0.25) is 0 Å². The molecule has 0 spiro atoms. The molecule has 1 aliphatic rings. The number of nitrogens with zero attached hydrogens (tertiary/aromatic N) is 2. The summed E-state index contributed by atoms with van der Waals surface area (Å²) in [6, 6.07) is 66.3. The molecular formula is C46H30N2. The summed E-state index contributed by atoms with van der Waals surface area (Å²) in [6.45, 7) is 0. The van der Waals surface area contributed by atoms with Gasteiger partial charge in [0.05, 0.1) is 11.0 Å². The van der Waals surface area contributed by atoms with Crippen LogP contribution in [0.25, 0.3) is 71.6 Å². The van der Waals surface area contributed by atoms with E-state index in [9.17, 15) is 0 Å². The van der Waals surface area contributed by atoms with E-state index in [4.69, 9.17) is 0 Å². The fraction of sp³-hybridized carbons (Fsp3) is 0. The second kappa shape index (κ2) is 10.6. The van der Waals surface area contributed by atoms with Crippen LogP contribution in [-0.4, -0.2) is 4.57 Å². The summed E-state index contributed by atoms with van der Waals surface area (Å²) in [6.07, 6.45) is 0. The third-order valence-corrected chi connectivity index (χ3v) is 9.89. The predicted octanol–water partition coefficient (Wildman–Crippen LogP) is 12.7. The van der Waals surface area contributed by atoms with Crippen molar-refractivity contribution in [2.45, 2.75) is 0 Å². The Morgan fingerprint density at radius 2 is 0.854 bits per heavy atom. The zero-order chi connectivity index (χ0) is 31.6. The van der Waals surface area contributed by atoms with E-state index in [2.05, 4.69) is 191 Å². The molecule has 224 valence electrons. The number of hydrogen-bond acceptors (Lipinski definition) is 1. The van der Waals surface area contributed by atoms with Gasteiger partial charge in [0, 0.05) is 33.5 Å². The third-order valence-electron chi connectivity index (χ3n) is 9.89. The van der Waals surface area contributed by atoms with Crippen LogP contribution < -0.4 is 4.90 Å². The van der Waals surface area contributed by atoms with Crippen molar-refractivity contribution in [1.82, 2.24) is 4.57 Å². The standard InChI is InChI=1S/C46H30N2/c1-4-16-32(17-5-1)47(33-18-6-2-7-19-33)35-26-27-44-42(28-35)43-29-40-39-25-13-15-31-14-12-24-38(46(31)39)36-22-10-11-23-37(36)41(40)30-45(43)48(44)34-20-8-3-9-21-34/h1-30H. The largest absolute Gasteiger partial charge is 0.310 e. The molecule has 10 rings (SSSR count). The smallest absolute Gasteiger partial charge is 0.0547 e. The molecule has 0 bridgehead atoms. The number of anilines is 3. The van der Waals surface area contributed by atoms with Gasteiger partial charge in [-0.1, -0.05) is 115 Å². The highest BCUT2D eigenvalue weighted by molar-refractivity contribution is 6.18. The van der Waals surface area contributed by atoms with E-state index in [0.717, 1.165) is 22.7 Å². The minimum Gasteiger partial charge on any atom is -0.310 e. The van der Waals surface area contributed by atoms with E-state index in [0.29, 0.717) is 0 Å². The van der Waals surface area contributed by atoms with E-state index in [-0.39, 0.29) is 0 Å². The van der Waals surface area contributed by atoms with Crippen molar-refractivity contribution in [1.29, 1.82) is 0 Å². The Morgan fingerprint density at radius 1 is 0.333 bits per heavy atom. The van der Waals surface area contributed by atoms with Gasteiger partial charge in [-0.05, 0) is 111 Å². The number of rotatable bonds is 4. The molecule has 0 radical (unpaired) electrons. The molecule has 0 aliphatic heterocycles. The van der Waals surface area contributed by atoms with Crippen LogP contribution in [0, 0.1) is 0 Å². The topological polar surface area (TPSA) is 8.17 Å². The molecule has 1 aliphatic carbocycles. The highest BCUT2D eigenvalue weighted by Crippen LogP contribution is 2.50. The average molecular weight is 611 g/mol. The third kappa shape index (κ3) is 4.00. The number of hydrogen-bond donors (Lipinski definition) is 0. The molecule has 0 N–H and O–H groups in total. The Balaban J connectivity index is 1.33. The molecule has 48 heavy (non-hydrogen) atoms. The van der Waals surface area contributed by atoms with Gasteiger partial charge in [0.25, 0.3) is 0 Å². The van der Waals surface area contributed by atoms with Crippen LogP contribution >= 0.6 is 0 Å². The van der Waals surface area contributed by atoms with Gasteiger partial charge in [-0.25, -0.2) is 0 Å². The Hall–Kier alpha value is -6.38. The Labute approximate surface area is 279 Å². The van der Waals surface area contributed by atoms with E-state index < -0.39 is 0 Å². The van der Waals surface area contributed by atoms with E-state index >= 15 is 0 Å². The van der Waals surface area contributed by atoms with Gasteiger partial charge in [-0.2, -0.15) is 0 Å². The van der Waals surface area contributed by atoms with Crippen molar-refractivity contribution in [3.05, 3.63) is 182 Å². The molecule has 8 aromatic carbocycles. The molecule has 2 heteroatoms. The summed E-state index contributed by atoms with van der Waals surface area (Å²) >= 11 is 0. The molecule has 1 aromatic heterocycles. The van der Waals surface area contributed by atoms with E-state index in [1.165, 1.54) is 66.0 Å². The lowest BCUT2D eigenvalue weighted by molar-refractivity contribution is 1.18. The quantitative estimate of drug-likeness (QED) is 0.192. The van der Waals surface area contributed by atoms with Crippen molar-refractivity contribution < 1.29 is 0 Å². The zero-order valence-corrected chi connectivity index (χ0v) is 26.2. The Kier molecular flexibility index (Phi) is 5.91. The van der Waals surface area contributed by atoms with E-state index in [1.54, 1.807) is 0 Å². The summed E-state index contributed by atoms with van der Waals surface area (Å²) < 4.78 is 2.44. The van der Waals surface area contributed by atoms with Crippen LogP contribution in [-0.2, 0) is 0 Å². The van der Waals surface area contributed by atoms with Crippen molar-refractivity contribution >= 4 is 49.6 Å². The summed E-state index contributed by atoms with van der Waals surface area (Å²) in [5.41, 5.74) is 14.6. The maximum Gasteiger partial charge on any atom is 0.0547 e. The Bertz CT molecular complexity index is 2610. The van der Waals surface area contributed by atoms with Crippen molar-refractivity contribution in [2.24, 2.45) is 0 Å². The highest BCUT2D eigenvalue weighted by Gasteiger charge is 2.24. The van der Waals surface area contributed by atoms with Gasteiger partial charge in [0.15, 0.2) is 0 Å². The number of para-hydroxylation sites is 3. The van der Waals surface area contributed by atoms with Crippen molar-refractivity contribution in [3.8, 4) is 39.1 Å². The Morgan fingerprint density at radius 3 is 1.52 bits per heavy atom. The second-order valence-electron chi connectivity index (χ2n) is 12.5. The maximum atomic E-state index is 2.46. The van der Waals surface area contributed by atoms with Crippen LogP contribution in [0.5, 0.6) is 0 Å². The van der Waals surface area contributed by atoms with Gasteiger partial charge in [-0.15, -0.1) is 0 Å². The molecular weight excluding hydrogens is 581 g/mol.